The molecular formula is C22H22N4OS. The molecule has 2 aromatic carbocycles. The number of thiazole rings is 1. The smallest absolute Gasteiger partial charge is 0.238 e. The van der Waals surface area contributed by atoms with E-state index in [2.05, 4.69) is 34.5 Å². The number of carbonyl (C=O) groups excluding carboxylic acids is 1. The SMILES string of the molecule is N#CCc1ccc(NC(=O)CN2CCC(c3nc4ccccc4s3)CC2)cc1. The molecular weight excluding hydrogens is 368 g/mol. The lowest BCUT2D eigenvalue weighted by Gasteiger charge is -2.30. The number of nitriles is 1. The largest absolute Gasteiger partial charge is 0.325 e. The number of hydrogen-bond acceptors (Lipinski definition) is 5. The Morgan fingerprint density at radius 1 is 1.18 bits per heavy atom. The van der Waals surface area contributed by atoms with Crippen LogP contribution in [0.4, 0.5) is 5.69 Å². The van der Waals surface area contributed by atoms with E-state index in [0.717, 1.165) is 42.7 Å². The van der Waals surface area contributed by atoms with Crippen LogP contribution in [0.2, 0.25) is 0 Å². The third kappa shape index (κ3) is 4.38. The Labute approximate surface area is 168 Å². The molecule has 0 saturated carbocycles. The van der Waals surface area contributed by atoms with Gasteiger partial charge in [-0.15, -0.1) is 11.3 Å². The molecule has 0 spiro atoms. The first-order valence-corrected chi connectivity index (χ1v) is 10.4. The van der Waals surface area contributed by atoms with E-state index in [-0.39, 0.29) is 5.91 Å². The van der Waals surface area contributed by atoms with Gasteiger partial charge in [0.1, 0.15) is 0 Å². The van der Waals surface area contributed by atoms with Crippen molar-refractivity contribution in [3.05, 3.63) is 59.1 Å². The Hall–Kier alpha value is -2.75. The molecule has 0 unspecified atom stereocenters. The zero-order valence-electron chi connectivity index (χ0n) is 15.6. The molecule has 1 saturated heterocycles. The Morgan fingerprint density at radius 2 is 1.93 bits per heavy atom. The first-order chi connectivity index (χ1) is 13.7. The van der Waals surface area contributed by atoms with Crippen molar-refractivity contribution in [3.8, 4) is 6.07 Å². The molecule has 1 aliphatic rings. The van der Waals surface area contributed by atoms with E-state index in [9.17, 15) is 4.79 Å². The molecule has 142 valence electrons. The van der Waals surface area contributed by atoms with Crippen molar-refractivity contribution in [1.29, 1.82) is 5.26 Å². The molecule has 28 heavy (non-hydrogen) atoms. The molecule has 0 atom stereocenters. The number of anilines is 1. The fraction of sp³-hybridized carbons (Fsp3) is 0.318. The number of likely N-dealkylation sites (tertiary alicyclic amines) is 1. The predicted molar refractivity (Wildman–Crippen MR) is 112 cm³/mol. The van der Waals surface area contributed by atoms with Crippen LogP contribution in [0.3, 0.4) is 0 Å². The van der Waals surface area contributed by atoms with Gasteiger partial charge in [-0.2, -0.15) is 5.26 Å². The van der Waals surface area contributed by atoms with Gasteiger partial charge in [-0.3, -0.25) is 9.69 Å². The van der Waals surface area contributed by atoms with Crippen LogP contribution in [0.15, 0.2) is 48.5 Å². The Balaban J connectivity index is 1.28. The number of amides is 1. The van der Waals surface area contributed by atoms with Crippen molar-refractivity contribution < 1.29 is 4.79 Å². The van der Waals surface area contributed by atoms with Gasteiger partial charge in [-0.25, -0.2) is 4.98 Å². The Kier molecular flexibility index (Phi) is 5.65. The fourth-order valence-corrected chi connectivity index (χ4v) is 4.74. The monoisotopic (exact) mass is 390 g/mol. The summed E-state index contributed by atoms with van der Waals surface area (Å²) < 4.78 is 1.25. The number of nitrogens with zero attached hydrogens (tertiary/aromatic N) is 3. The molecule has 0 aliphatic carbocycles. The summed E-state index contributed by atoms with van der Waals surface area (Å²) in [6.45, 7) is 2.23. The van der Waals surface area contributed by atoms with Crippen LogP contribution in [0, 0.1) is 11.3 Å². The van der Waals surface area contributed by atoms with E-state index in [4.69, 9.17) is 10.2 Å². The Morgan fingerprint density at radius 3 is 2.64 bits per heavy atom. The lowest BCUT2D eigenvalue weighted by atomic mass is 9.97. The summed E-state index contributed by atoms with van der Waals surface area (Å²) >= 11 is 1.80. The molecule has 1 fully saturated rings. The first kappa shape index (κ1) is 18.6. The maximum absolute atomic E-state index is 12.3. The van der Waals surface area contributed by atoms with Gasteiger partial charge in [-0.1, -0.05) is 24.3 Å². The second-order valence-corrected chi connectivity index (χ2v) is 8.21. The third-order valence-electron chi connectivity index (χ3n) is 5.14. The summed E-state index contributed by atoms with van der Waals surface area (Å²) in [5.74, 6) is 0.496. The second-order valence-electron chi connectivity index (χ2n) is 7.15. The van der Waals surface area contributed by atoms with Crippen LogP contribution < -0.4 is 5.32 Å². The van der Waals surface area contributed by atoms with Gasteiger partial charge >= 0.3 is 0 Å². The molecule has 5 nitrogen and oxygen atoms in total. The topological polar surface area (TPSA) is 69.0 Å². The van der Waals surface area contributed by atoms with E-state index in [1.165, 1.54) is 9.71 Å². The molecule has 1 N–H and O–H groups in total. The van der Waals surface area contributed by atoms with E-state index in [1.807, 2.05) is 30.3 Å². The second kappa shape index (κ2) is 8.51. The van der Waals surface area contributed by atoms with Crippen molar-refractivity contribution in [2.45, 2.75) is 25.2 Å². The van der Waals surface area contributed by atoms with Crippen LogP contribution in [-0.4, -0.2) is 35.4 Å². The van der Waals surface area contributed by atoms with Gasteiger partial charge in [-0.05, 0) is 55.8 Å². The number of piperidine rings is 1. The van der Waals surface area contributed by atoms with Crippen LogP contribution in [0.5, 0.6) is 0 Å². The van der Waals surface area contributed by atoms with Gasteiger partial charge in [0.05, 0.1) is 34.3 Å². The average molecular weight is 391 g/mol. The molecule has 4 rings (SSSR count). The van der Waals surface area contributed by atoms with E-state index in [1.54, 1.807) is 11.3 Å². The molecule has 1 aromatic heterocycles. The number of fused-ring (bicyclic) bond motifs is 1. The number of rotatable bonds is 5. The maximum Gasteiger partial charge on any atom is 0.238 e. The summed E-state index contributed by atoms with van der Waals surface area (Å²) in [7, 11) is 0. The molecule has 1 aliphatic heterocycles. The normalized spacial score (nSPS) is 15.4. The minimum Gasteiger partial charge on any atom is -0.325 e. The zero-order valence-corrected chi connectivity index (χ0v) is 16.4. The third-order valence-corrected chi connectivity index (χ3v) is 6.33. The van der Waals surface area contributed by atoms with Gasteiger partial charge in [0.2, 0.25) is 5.91 Å². The highest BCUT2D eigenvalue weighted by atomic mass is 32.1. The average Bonchev–Trinajstić information content (AvgIpc) is 3.14. The minimum atomic E-state index is 0.00599. The number of nitrogens with one attached hydrogen (secondary N) is 1. The first-order valence-electron chi connectivity index (χ1n) is 9.55. The number of para-hydroxylation sites is 1. The summed E-state index contributed by atoms with van der Waals surface area (Å²) in [4.78, 5) is 19.4. The van der Waals surface area contributed by atoms with Crippen LogP contribution in [0.25, 0.3) is 10.2 Å². The summed E-state index contributed by atoms with van der Waals surface area (Å²) in [5.41, 5.74) is 2.82. The molecule has 1 amide bonds. The van der Waals surface area contributed by atoms with Crippen LogP contribution in [-0.2, 0) is 11.2 Å². The highest BCUT2D eigenvalue weighted by Crippen LogP contribution is 2.33. The van der Waals surface area contributed by atoms with E-state index < -0.39 is 0 Å². The zero-order chi connectivity index (χ0) is 19.3. The molecule has 0 radical (unpaired) electrons. The highest BCUT2D eigenvalue weighted by molar-refractivity contribution is 7.18. The van der Waals surface area contributed by atoms with Crippen molar-refractivity contribution in [3.63, 3.8) is 0 Å². The molecule has 2 heterocycles. The van der Waals surface area contributed by atoms with Crippen molar-refractivity contribution in [2.75, 3.05) is 25.0 Å². The fourth-order valence-electron chi connectivity index (χ4n) is 3.60. The molecule has 0 bridgehead atoms. The summed E-state index contributed by atoms with van der Waals surface area (Å²) in [5, 5.41) is 12.9. The number of hydrogen-bond donors (Lipinski definition) is 1. The molecule has 3 aromatic rings. The lowest BCUT2D eigenvalue weighted by molar-refractivity contribution is -0.117. The van der Waals surface area contributed by atoms with Crippen LogP contribution >= 0.6 is 11.3 Å². The lowest BCUT2D eigenvalue weighted by Crippen LogP contribution is -2.38. The van der Waals surface area contributed by atoms with E-state index >= 15 is 0 Å². The van der Waals surface area contributed by atoms with Gasteiger partial charge in [0.25, 0.3) is 0 Å². The summed E-state index contributed by atoms with van der Waals surface area (Å²) in [6, 6.07) is 17.9. The van der Waals surface area contributed by atoms with Gasteiger partial charge in [0.15, 0.2) is 0 Å². The quantitative estimate of drug-likeness (QED) is 0.709. The summed E-state index contributed by atoms with van der Waals surface area (Å²) in [6.07, 6.45) is 2.46. The minimum absolute atomic E-state index is 0.00599. The molecule has 6 heteroatoms. The standard InChI is InChI=1S/C22H22N4OS/c23-12-9-16-5-7-18(8-6-16)24-21(27)15-26-13-10-17(11-14-26)22-25-19-3-1-2-4-20(19)28-22/h1-8,17H,9-11,13-15H2,(H,24,27). The maximum atomic E-state index is 12.3. The predicted octanol–water partition coefficient (Wildman–Crippen LogP) is 4.18. The van der Waals surface area contributed by atoms with E-state index in [0.29, 0.717) is 18.9 Å². The van der Waals surface area contributed by atoms with Crippen molar-refractivity contribution in [1.82, 2.24) is 9.88 Å². The van der Waals surface area contributed by atoms with Gasteiger partial charge < -0.3 is 5.32 Å². The van der Waals surface area contributed by atoms with Gasteiger partial charge in [0, 0.05) is 11.6 Å². The van der Waals surface area contributed by atoms with Crippen molar-refractivity contribution >= 4 is 33.1 Å². The Bertz CT molecular complexity index is 964. The number of aromatic nitrogens is 1. The number of carbonyl (C=O) groups is 1. The highest BCUT2D eigenvalue weighted by Gasteiger charge is 2.24. The number of benzene rings is 2. The van der Waals surface area contributed by atoms with Crippen molar-refractivity contribution in [2.24, 2.45) is 0 Å². The van der Waals surface area contributed by atoms with Crippen LogP contribution in [0.1, 0.15) is 29.3 Å².